The number of methoxy groups -OCH3 is 1. The maximum atomic E-state index is 13.3. The zero-order valence-electron chi connectivity index (χ0n) is 17.5. The Morgan fingerprint density at radius 3 is 2.83 bits per heavy atom. The summed E-state index contributed by atoms with van der Waals surface area (Å²) in [4.78, 5) is 32.1. The van der Waals surface area contributed by atoms with Crippen molar-refractivity contribution in [3.8, 4) is 5.75 Å². The van der Waals surface area contributed by atoms with E-state index in [-0.39, 0.29) is 17.9 Å². The maximum Gasteiger partial charge on any atom is 0.230 e. The van der Waals surface area contributed by atoms with Crippen molar-refractivity contribution in [2.24, 2.45) is 11.8 Å². The van der Waals surface area contributed by atoms with Gasteiger partial charge in [-0.15, -0.1) is 0 Å². The Morgan fingerprint density at radius 2 is 2.10 bits per heavy atom. The number of likely N-dealkylation sites (N-methyl/N-ethyl adjacent to an activating group) is 2. The van der Waals surface area contributed by atoms with Crippen molar-refractivity contribution in [3.63, 3.8) is 0 Å². The highest BCUT2D eigenvalue weighted by Crippen LogP contribution is 2.52. The number of hydrogen-bond donors (Lipinski definition) is 0. The molecule has 1 spiro atoms. The molecule has 4 atom stereocenters. The van der Waals surface area contributed by atoms with Crippen LogP contribution < -0.4 is 4.74 Å². The third-order valence-corrected chi connectivity index (χ3v) is 6.23. The van der Waals surface area contributed by atoms with E-state index in [2.05, 4.69) is 0 Å². The number of hydrogen-bond acceptors (Lipinski definition) is 5. The Morgan fingerprint density at radius 1 is 1.31 bits per heavy atom. The SMILES string of the molecule is COc1cccc(CN2C[C@]34C=C[C@H](O3)[C@H](C(=O)N(C)CCN(C)C)[C@H]4C2=O)c1. The molecule has 4 rings (SSSR count). The van der Waals surface area contributed by atoms with Crippen LogP contribution in [-0.2, 0) is 20.9 Å². The van der Waals surface area contributed by atoms with E-state index in [1.54, 1.807) is 12.0 Å². The summed E-state index contributed by atoms with van der Waals surface area (Å²) in [6.45, 7) is 2.36. The lowest BCUT2D eigenvalue weighted by Crippen LogP contribution is -2.46. The highest BCUT2D eigenvalue weighted by Gasteiger charge is 2.67. The Labute approximate surface area is 171 Å². The van der Waals surface area contributed by atoms with Gasteiger partial charge in [-0.1, -0.05) is 24.3 Å². The molecule has 2 amide bonds. The van der Waals surface area contributed by atoms with Crippen LogP contribution in [0.15, 0.2) is 36.4 Å². The predicted molar refractivity (Wildman–Crippen MR) is 108 cm³/mol. The van der Waals surface area contributed by atoms with Crippen LogP contribution in [0.2, 0.25) is 0 Å². The molecular weight excluding hydrogens is 370 g/mol. The number of amides is 2. The van der Waals surface area contributed by atoms with Gasteiger partial charge in [0.05, 0.1) is 31.6 Å². The molecule has 3 aliphatic heterocycles. The smallest absolute Gasteiger partial charge is 0.230 e. The number of benzene rings is 1. The summed E-state index contributed by atoms with van der Waals surface area (Å²) in [7, 11) is 7.40. The number of rotatable bonds is 7. The average Bonchev–Trinajstić information content (AvgIpc) is 3.34. The molecule has 3 aliphatic rings. The first-order valence-corrected chi connectivity index (χ1v) is 10.0. The van der Waals surface area contributed by atoms with Crippen molar-refractivity contribution in [1.29, 1.82) is 0 Å². The first kappa shape index (κ1) is 19.9. The molecule has 29 heavy (non-hydrogen) atoms. The van der Waals surface area contributed by atoms with Crippen LogP contribution >= 0.6 is 0 Å². The minimum atomic E-state index is -0.677. The first-order valence-electron chi connectivity index (χ1n) is 10.0. The number of nitrogens with zero attached hydrogens (tertiary/aromatic N) is 3. The fourth-order valence-electron chi connectivity index (χ4n) is 4.70. The summed E-state index contributed by atoms with van der Waals surface area (Å²) in [5, 5.41) is 0. The molecule has 0 aromatic heterocycles. The van der Waals surface area contributed by atoms with Crippen molar-refractivity contribution in [2.45, 2.75) is 18.2 Å². The minimum absolute atomic E-state index is 0.000899. The van der Waals surface area contributed by atoms with Crippen LogP contribution in [-0.4, -0.2) is 86.1 Å². The lowest BCUT2D eigenvalue weighted by atomic mass is 9.76. The van der Waals surface area contributed by atoms with Gasteiger partial charge in [0.2, 0.25) is 11.8 Å². The standard InChI is InChI=1S/C22H29N3O4/c1-23(2)10-11-24(3)20(26)18-17-8-9-22(29-17)14-25(21(27)19(18)22)13-15-6-5-7-16(12-15)28-4/h5-9,12,17-19H,10-11,13-14H2,1-4H3/t17-,18-,19-,22-/m0/s1. The third-order valence-electron chi connectivity index (χ3n) is 6.23. The van der Waals surface area contributed by atoms with Crippen LogP contribution in [0, 0.1) is 11.8 Å². The molecule has 7 nitrogen and oxygen atoms in total. The van der Waals surface area contributed by atoms with E-state index in [1.807, 2.05) is 67.4 Å². The fraction of sp³-hybridized carbons (Fsp3) is 0.545. The van der Waals surface area contributed by atoms with Gasteiger partial charge in [0, 0.05) is 26.7 Å². The zero-order valence-corrected chi connectivity index (χ0v) is 17.5. The number of fused-ring (bicyclic) bond motifs is 1. The fourth-order valence-corrected chi connectivity index (χ4v) is 4.70. The molecule has 1 aromatic rings. The topological polar surface area (TPSA) is 62.3 Å². The molecule has 2 bridgehead atoms. The lowest BCUT2D eigenvalue weighted by Gasteiger charge is -2.28. The summed E-state index contributed by atoms with van der Waals surface area (Å²) >= 11 is 0. The lowest BCUT2D eigenvalue weighted by molar-refractivity contribution is -0.142. The van der Waals surface area contributed by atoms with E-state index in [1.165, 1.54) is 0 Å². The van der Waals surface area contributed by atoms with Crippen molar-refractivity contribution in [1.82, 2.24) is 14.7 Å². The molecular formula is C22H29N3O4. The summed E-state index contributed by atoms with van der Waals surface area (Å²) in [6.07, 6.45) is 3.65. The Balaban J connectivity index is 1.52. The maximum absolute atomic E-state index is 13.3. The molecule has 1 aromatic carbocycles. The van der Waals surface area contributed by atoms with E-state index < -0.39 is 17.4 Å². The van der Waals surface area contributed by atoms with Crippen molar-refractivity contribution < 1.29 is 19.1 Å². The van der Waals surface area contributed by atoms with E-state index in [0.29, 0.717) is 19.6 Å². The molecule has 0 saturated carbocycles. The second-order valence-corrected chi connectivity index (χ2v) is 8.51. The second kappa shape index (κ2) is 7.46. The molecule has 0 radical (unpaired) electrons. The first-order chi connectivity index (χ1) is 13.8. The van der Waals surface area contributed by atoms with Gasteiger partial charge < -0.3 is 24.2 Å². The van der Waals surface area contributed by atoms with Crippen LogP contribution in [0.5, 0.6) is 5.75 Å². The van der Waals surface area contributed by atoms with E-state index in [4.69, 9.17) is 9.47 Å². The monoisotopic (exact) mass is 399 g/mol. The van der Waals surface area contributed by atoms with Crippen molar-refractivity contribution >= 4 is 11.8 Å². The number of carbonyl (C=O) groups is 2. The quantitative estimate of drug-likeness (QED) is 0.640. The van der Waals surface area contributed by atoms with Gasteiger partial charge in [0.25, 0.3) is 0 Å². The van der Waals surface area contributed by atoms with Crippen molar-refractivity contribution in [2.75, 3.05) is 47.9 Å². The molecule has 7 heteroatoms. The molecule has 2 fully saturated rings. The molecule has 156 valence electrons. The highest BCUT2D eigenvalue weighted by molar-refractivity contribution is 5.93. The molecule has 2 saturated heterocycles. The Hall–Kier alpha value is -2.38. The predicted octanol–water partition coefficient (Wildman–Crippen LogP) is 0.997. The summed E-state index contributed by atoms with van der Waals surface area (Å²) < 4.78 is 11.5. The van der Waals surface area contributed by atoms with Crippen LogP contribution in [0.3, 0.4) is 0 Å². The minimum Gasteiger partial charge on any atom is -0.497 e. The average molecular weight is 399 g/mol. The zero-order chi connectivity index (χ0) is 20.8. The molecule has 0 N–H and O–H groups in total. The van der Waals surface area contributed by atoms with Gasteiger partial charge in [0.1, 0.15) is 11.4 Å². The second-order valence-electron chi connectivity index (χ2n) is 8.51. The Bertz CT molecular complexity index is 839. The largest absolute Gasteiger partial charge is 0.497 e. The van der Waals surface area contributed by atoms with Gasteiger partial charge in [-0.05, 0) is 31.8 Å². The summed E-state index contributed by atoms with van der Waals surface area (Å²) in [6, 6.07) is 7.72. The van der Waals surface area contributed by atoms with Gasteiger partial charge in [-0.25, -0.2) is 0 Å². The van der Waals surface area contributed by atoms with Crippen LogP contribution in [0.25, 0.3) is 0 Å². The van der Waals surface area contributed by atoms with Gasteiger partial charge >= 0.3 is 0 Å². The number of ether oxygens (including phenoxy) is 2. The van der Waals surface area contributed by atoms with Gasteiger partial charge in [-0.3, -0.25) is 9.59 Å². The summed E-state index contributed by atoms with van der Waals surface area (Å²) in [5.74, 6) is -0.142. The van der Waals surface area contributed by atoms with Crippen molar-refractivity contribution in [3.05, 3.63) is 42.0 Å². The Kier molecular flexibility index (Phi) is 5.12. The highest BCUT2D eigenvalue weighted by atomic mass is 16.5. The van der Waals surface area contributed by atoms with E-state index >= 15 is 0 Å². The van der Waals surface area contributed by atoms with Crippen LogP contribution in [0.1, 0.15) is 5.56 Å². The normalized spacial score (nSPS) is 29.6. The molecule has 3 heterocycles. The third kappa shape index (κ3) is 3.42. The number of likely N-dealkylation sites (tertiary alicyclic amines) is 1. The summed E-state index contributed by atoms with van der Waals surface area (Å²) in [5.41, 5.74) is 0.321. The van der Waals surface area contributed by atoms with E-state index in [9.17, 15) is 9.59 Å². The van der Waals surface area contributed by atoms with Gasteiger partial charge in [0.15, 0.2) is 0 Å². The van der Waals surface area contributed by atoms with Crippen LogP contribution in [0.4, 0.5) is 0 Å². The van der Waals surface area contributed by atoms with Gasteiger partial charge in [-0.2, -0.15) is 0 Å². The van der Waals surface area contributed by atoms with E-state index in [0.717, 1.165) is 17.9 Å². The number of carbonyl (C=O) groups excluding carboxylic acids is 2. The molecule has 0 unspecified atom stereocenters. The molecule has 0 aliphatic carbocycles.